The van der Waals surface area contributed by atoms with Crippen LogP contribution in [0.2, 0.25) is 5.28 Å². The summed E-state index contributed by atoms with van der Waals surface area (Å²) in [6, 6.07) is 7.28. The molecule has 2 aromatic rings. The number of nitriles is 1. The molecule has 0 aliphatic heterocycles. The van der Waals surface area contributed by atoms with Crippen LogP contribution in [0.25, 0.3) is 0 Å². The molecule has 126 valence electrons. The van der Waals surface area contributed by atoms with Crippen molar-refractivity contribution >= 4 is 23.5 Å². The molecule has 0 unspecified atom stereocenters. The first-order valence-electron chi connectivity index (χ1n) is 7.07. The molecule has 0 aliphatic rings. The highest BCUT2D eigenvalue weighted by molar-refractivity contribution is 6.28. The van der Waals surface area contributed by atoms with Crippen molar-refractivity contribution in [3.05, 3.63) is 29.5 Å². The molecule has 0 saturated heterocycles. The van der Waals surface area contributed by atoms with Crippen LogP contribution in [0.3, 0.4) is 0 Å². The fourth-order valence-corrected chi connectivity index (χ4v) is 1.98. The van der Waals surface area contributed by atoms with Gasteiger partial charge >= 0.3 is 0 Å². The molecular formula is C15H17ClN6O2. The summed E-state index contributed by atoms with van der Waals surface area (Å²) in [5.41, 5.74) is 0. The van der Waals surface area contributed by atoms with Crippen LogP contribution in [-0.4, -0.2) is 49.3 Å². The van der Waals surface area contributed by atoms with Crippen molar-refractivity contribution in [2.45, 2.75) is 0 Å². The van der Waals surface area contributed by atoms with Gasteiger partial charge in [-0.25, -0.2) is 4.90 Å². The van der Waals surface area contributed by atoms with E-state index >= 15 is 0 Å². The summed E-state index contributed by atoms with van der Waals surface area (Å²) in [6.07, 6.45) is 2.02. The molecule has 1 aromatic heterocycles. The third-order valence-corrected chi connectivity index (χ3v) is 3.16. The maximum Gasteiger partial charge on any atom is 0.245 e. The number of anilines is 2. The largest absolute Gasteiger partial charge is 0.493 e. The Kier molecular flexibility index (Phi) is 5.98. The first-order chi connectivity index (χ1) is 11.5. The van der Waals surface area contributed by atoms with Crippen LogP contribution in [0.1, 0.15) is 0 Å². The number of hydrogen-bond acceptors (Lipinski definition) is 8. The van der Waals surface area contributed by atoms with Crippen LogP contribution in [-0.2, 0) is 0 Å². The molecular weight excluding hydrogens is 332 g/mol. The number of rotatable bonds is 7. The average Bonchev–Trinajstić information content (AvgIpc) is 2.58. The first kappa shape index (κ1) is 17.6. The van der Waals surface area contributed by atoms with Gasteiger partial charge in [-0.3, -0.25) is 0 Å². The Hall–Kier alpha value is -2.79. The summed E-state index contributed by atoms with van der Waals surface area (Å²) in [6.45, 7) is 0.496. The normalized spacial score (nSPS) is 9.96. The van der Waals surface area contributed by atoms with E-state index in [1.165, 1.54) is 4.90 Å². The third kappa shape index (κ3) is 4.36. The highest BCUT2D eigenvalue weighted by atomic mass is 35.5. The number of hydrogen-bond donors (Lipinski definition) is 0. The van der Waals surface area contributed by atoms with Gasteiger partial charge in [-0.1, -0.05) is 12.1 Å². The Bertz CT molecular complexity index is 734. The first-order valence-corrected chi connectivity index (χ1v) is 7.45. The minimum atomic E-state index is 0.0228. The smallest absolute Gasteiger partial charge is 0.245 e. The van der Waals surface area contributed by atoms with Crippen LogP contribution in [0, 0.1) is 11.5 Å². The van der Waals surface area contributed by atoms with E-state index in [0.717, 1.165) is 0 Å². The van der Waals surface area contributed by atoms with Crippen molar-refractivity contribution in [2.75, 3.05) is 44.2 Å². The maximum absolute atomic E-state index is 9.34. The summed E-state index contributed by atoms with van der Waals surface area (Å²) >= 11 is 5.89. The lowest BCUT2D eigenvalue weighted by molar-refractivity contribution is 0.302. The average molecular weight is 349 g/mol. The van der Waals surface area contributed by atoms with Gasteiger partial charge in [0.05, 0.1) is 13.7 Å². The van der Waals surface area contributed by atoms with Crippen LogP contribution in [0.4, 0.5) is 11.9 Å². The Labute approximate surface area is 145 Å². The van der Waals surface area contributed by atoms with Gasteiger partial charge in [0.2, 0.25) is 17.2 Å². The minimum absolute atomic E-state index is 0.0228. The second-order valence-corrected chi connectivity index (χ2v) is 5.19. The molecule has 0 bridgehead atoms. The molecule has 0 amide bonds. The van der Waals surface area contributed by atoms with Gasteiger partial charge < -0.3 is 14.4 Å². The number of methoxy groups -OCH3 is 1. The van der Waals surface area contributed by atoms with Crippen molar-refractivity contribution < 1.29 is 9.47 Å². The SMILES string of the molecule is COc1ccccc1OCCN(C#N)c1nc(Cl)nc(N(C)C)n1. The van der Waals surface area contributed by atoms with E-state index in [-0.39, 0.29) is 24.4 Å². The number of ether oxygens (including phenoxy) is 2. The predicted molar refractivity (Wildman–Crippen MR) is 90.6 cm³/mol. The van der Waals surface area contributed by atoms with Crippen molar-refractivity contribution in [3.63, 3.8) is 0 Å². The molecule has 0 N–H and O–H groups in total. The topological polar surface area (TPSA) is 87.4 Å². The van der Waals surface area contributed by atoms with Gasteiger partial charge in [0.15, 0.2) is 17.7 Å². The molecule has 8 nitrogen and oxygen atoms in total. The minimum Gasteiger partial charge on any atom is -0.493 e. The lowest BCUT2D eigenvalue weighted by Gasteiger charge is -2.17. The molecule has 0 fully saturated rings. The maximum atomic E-state index is 9.34. The lowest BCUT2D eigenvalue weighted by Crippen LogP contribution is -2.26. The predicted octanol–water partition coefficient (Wildman–Crippen LogP) is 1.97. The fourth-order valence-electron chi connectivity index (χ4n) is 1.83. The molecule has 0 saturated carbocycles. The third-order valence-electron chi connectivity index (χ3n) is 2.99. The number of benzene rings is 1. The molecule has 0 atom stereocenters. The van der Waals surface area contributed by atoms with Crippen LogP contribution in [0.15, 0.2) is 24.3 Å². The van der Waals surface area contributed by atoms with Crippen molar-refractivity contribution in [1.29, 1.82) is 5.26 Å². The zero-order valence-electron chi connectivity index (χ0n) is 13.6. The van der Waals surface area contributed by atoms with Crippen molar-refractivity contribution in [3.8, 4) is 17.7 Å². The summed E-state index contributed by atoms with van der Waals surface area (Å²) in [5.74, 6) is 1.76. The number of nitrogens with zero attached hydrogens (tertiary/aromatic N) is 6. The van der Waals surface area contributed by atoms with Gasteiger partial charge in [-0.2, -0.15) is 20.2 Å². The Morgan fingerprint density at radius 2 is 1.79 bits per heavy atom. The van der Waals surface area contributed by atoms with Crippen molar-refractivity contribution in [2.24, 2.45) is 0 Å². The van der Waals surface area contributed by atoms with Crippen LogP contribution in [0.5, 0.6) is 11.5 Å². The van der Waals surface area contributed by atoms with Gasteiger partial charge in [0.1, 0.15) is 6.61 Å². The number of aromatic nitrogens is 3. The number of halogens is 1. The zero-order valence-corrected chi connectivity index (χ0v) is 14.4. The lowest BCUT2D eigenvalue weighted by atomic mass is 10.3. The standard InChI is InChI=1S/C15H17ClN6O2/c1-21(2)14-18-13(16)19-15(20-14)22(10-17)8-9-24-12-7-5-4-6-11(12)23-3/h4-7H,8-9H2,1-3H3. The molecule has 24 heavy (non-hydrogen) atoms. The van der Waals surface area contributed by atoms with Gasteiger partial charge in [-0.05, 0) is 23.7 Å². The highest BCUT2D eigenvalue weighted by Gasteiger charge is 2.14. The van der Waals surface area contributed by atoms with E-state index in [1.54, 1.807) is 38.2 Å². The highest BCUT2D eigenvalue weighted by Crippen LogP contribution is 2.25. The van der Waals surface area contributed by atoms with Crippen LogP contribution < -0.4 is 19.3 Å². The van der Waals surface area contributed by atoms with E-state index < -0.39 is 0 Å². The van der Waals surface area contributed by atoms with Gasteiger partial charge in [0.25, 0.3) is 0 Å². The zero-order chi connectivity index (χ0) is 17.5. The molecule has 0 aliphatic carbocycles. The van der Waals surface area contributed by atoms with Crippen LogP contribution >= 0.6 is 11.6 Å². The molecule has 9 heteroatoms. The second-order valence-electron chi connectivity index (χ2n) is 4.85. The van der Waals surface area contributed by atoms with E-state index in [1.807, 2.05) is 18.3 Å². The van der Waals surface area contributed by atoms with E-state index in [9.17, 15) is 5.26 Å². The molecule has 0 radical (unpaired) electrons. The van der Waals surface area contributed by atoms with E-state index in [0.29, 0.717) is 17.4 Å². The molecule has 1 aromatic carbocycles. The Balaban J connectivity index is 2.06. The van der Waals surface area contributed by atoms with Gasteiger partial charge in [0, 0.05) is 14.1 Å². The summed E-state index contributed by atoms with van der Waals surface area (Å²) in [4.78, 5) is 15.1. The Morgan fingerprint density at radius 1 is 1.12 bits per heavy atom. The van der Waals surface area contributed by atoms with E-state index in [4.69, 9.17) is 21.1 Å². The monoisotopic (exact) mass is 348 g/mol. The summed E-state index contributed by atoms with van der Waals surface area (Å²) < 4.78 is 10.9. The second kappa shape index (κ2) is 8.17. The van der Waals surface area contributed by atoms with E-state index in [2.05, 4.69) is 15.0 Å². The molecule has 2 rings (SSSR count). The fraction of sp³-hybridized carbons (Fsp3) is 0.333. The molecule has 1 heterocycles. The summed E-state index contributed by atoms with van der Waals surface area (Å²) in [7, 11) is 5.12. The van der Waals surface area contributed by atoms with Gasteiger partial charge in [-0.15, -0.1) is 0 Å². The van der Waals surface area contributed by atoms with Crippen molar-refractivity contribution in [1.82, 2.24) is 15.0 Å². The Morgan fingerprint density at radius 3 is 2.42 bits per heavy atom. The number of para-hydroxylation sites is 2. The summed E-state index contributed by atoms with van der Waals surface area (Å²) in [5, 5.41) is 9.36. The molecule has 0 spiro atoms. The quantitative estimate of drug-likeness (QED) is 0.554.